The van der Waals surface area contributed by atoms with Gasteiger partial charge in [0.25, 0.3) is 5.56 Å². The highest BCUT2D eigenvalue weighted by molar-refractivity contribution is 5.94. The number of carboxylic acid groups (broad SMARTS) is 1. The standard InChI is InChI=1S/C23H19F3N4O4/c24-23(25,26)15-6-4-5-14(11-15)13-29(22(33)34)18-12-27-19-10-9-17(30(19)21(18)32)20(31)28-16-7-2-1-3-8-16/h1-8,11-12,17H,9-10,13H2,(H,28,31)(H,33,34)/t17-/m0/s1. The third-order valence-corrected chi connectivity index (χ3v) is 5.47. The van der Waals surface area contributed by atoms with Crippen molar-refractivity contribution in [3.05, 3.63) is 88.1 Å². The van der Waals surface area contributed by atoms with Crippen molar-refractivity contribution in [2.24, 2.45) is 0 Å². The van der Waals surface area contributed by atoms with E-state index < -0.39 is 41.9 Å². The summed E-state index contributed by atoms with van der Waals surface area (Å²) < 4.78 is 40.3. The Hall–Kier alpha value is -4.15. The second-order valence-electron chi connectivity index (χ2n) is 7.71. The van der Waals surface area contributed by atoms with E-state index in [1.54, 1.807) is 30.3 Å². The molecule has 176 valence electrons. The highest BCUT2D eigenvalue weighted by Crippen LogP contribution is 2.30. The van der Waals surface area contributed by atoms with Crippen LogP contribution in [0.5, 0.6) is 0 Å². The summed E-state index contributed by atoms with van der Waals surface area (Å²) in [5.74, 6) is -0.128. The van der Waals surface area contributed by atoms with Crippen LogP contribution in [-0.4, -0.2) is 26.7 Å². The number of hydrogen-bond donors (Lipinski definition) is 2. The van der Waals surface area contributed by atoms with Crippen LogP contribution in [0.15, 0.2) is 65.6 Å². The summed E-state index contributed by atoms with van der Waals surface area (Å²) in [5.41, 5.74) is -1.47. The third kappa shape index (κ3) is 4.63. The second-order valence-corrected chi connectivity index (χ2v) is 7.71. The maximum Gasteiger partial charge on any atom is 0.416 e. The van der Waals surface area contributed by atoms with E-state index in [0.29, 0.717) is 29.3 Å². The fourth-order valence-electron chi connectivity index (χ4n) is 3.86. The summed E-state index contributed by atoms with van der Waals surface area (Å²) in [6.07, 6.45) is -4.43. The fraction of sp³-hybridized carbons (Fsp3) is 0.217. The van der Waals surface area contributed by atoms with Gasteiger partial charge >= 0.3 is 12.3 Å². The van der Waals surface area contributed by atoms with Crippen LogP contribution in [0.3, 0.4) is 0 Å². The van der Waals surface area contributed by atoms with E-state index in [0.717, 1.165) is 29.0 Å². The van der Waals surface area contributed by atoms with Crippen LogP contribution < -0.4 is 15.8 Å². The summed E-state index contributed by atoms with van der Waals surface area (Å²) in [7, 11) is 0. The minimum absolute atomic E-state index is 0.0421. The van der Waals surface area contributed by atoms with Crippen molar-refractivity contribution in [1.82, 2.24) is 9.55 Å². The van der Waals surface area contributed by atoms with Gasteiger partial charge in [-0.15, -0.1) is 0 Å². The first-order valence-electron chi connectivity index (χ1n) is 10.3. The number of rotatable bonds is 5. The van der Waals surface area contributed by atoms with Gasteiger partial charge in [-0.05, 0) is 36.2 Å². The van der Waals surface area contributed by atoms with Crippen molar-refractivity contribution >= 4 is 23.4 Å². The number of para-hydroxylation sites is 1. The smallest absolute Gasteiger partial charge is 0.416 e. The average molecular weight is 472 g/mol. The molecular weight excluding hydrogens is 453 g/mol. The molecule has 1 aliphatic rings. The Balaban J connectivity index is 1.66. The first-order valence-corrected chi connectivity index (χ1v) is 10.3. The number of nitrogens with zero attached hydrogens (tertiary/aromatic N) is 3. The van der Waals surface area contributed by atoms with Gasteiger partial charge in [-0.3, -0.25) is 19.1 Å². The number of hydrogen-bond acceptors (Lipinski definition) is 4. The van der Waals surface area contributed by atoms with Gasteiger partial charge in [0.15, 0.2) is 0 Å². The number of benzene rings is 2. The van der Waals surface area contributed by atoms with Crippen LogP contribution in [-0.2, 0) is 23.9 Å². The normalized spacial score (nSPS) is 15.0. The molecule has 0 bridgehead atoms. The third-order valence-electron chi connectivity index (χ3n) is 5.47. The Morgan fingerprint density at radius 3 is 2.56 bits per heavy atom. The Bertz CT molecular complexity index is 1290. The lowest BCUT2D eigenvalue weighted by Crippen LogP contribution is -2.38. The van der Waals surface area contributed by atoms with Gasteiger partial charge in [-0.1, -0.05) is 30.3 Å². The number of halogens is 3. The molecular formula is C23H19F3N4O4. The maximum atomic E-state index is 13.2. The minimum atomic E-state index is -4.60. The molecule has 1 atom stereocenters. The lowest BCUT2D eigenvalue weighted by Gasteiger charge is -2.21. The molecule has 0 saturated heterocycles. The van der Waals surface area contributed by atoms with E-state index in [1.165, 1.54) is 6.07 Å². The number of alkyl halides is 3. The fourth-order valence-corrected chi connectivity index (χ4v) is 3.86. The van der Waals surface area contributed by atoms with Crippen molar-refractivity contribution < 1.29 is 27.9 Å². The number of fused-ring (bicyclic) bond motifs is 1. The van der Waals surface area contributed by atoms with E-state index in [-0.39, 0.29) is 11.3 Å². The molecule has 0 unspecified atom stereocenters. The van der Waals surface area contributed by atoms with Crippen molar-refractivity contribution in [2.45, 2.75) is 31.6 Å². The van der Waals surface area contributed by atoms with Gasteiger partial charge < -0.3 is 10.4 Å². The molecule has 0 fully saturated rings. The zero-order chi connectivity index (χ0) is 24.5. The highest BCUT2D eigenvalue weighted by atomic mass is 19.4. The maximum absolute atomic E-state index is 13.2. The van der Waals surface area contributed by atoms with Crippen LogP contribution in [0, 0.1) is 0 Å². The first kappa shape index (κ1) is 23.0. The predicted molar refractivity (Wildman–Crippen MR) is 117 cm³/mol. The van der Waals surface area contributed by atoms with E-state index in [1.807, 2.05) is 0 Å². The topological polar surface area (TPSA) is 105 Å². The highest BCUT2D eigenvalue weighted by Gasteiger charge is 2.34. The van der Waals surface area contributed by atoms with E-state index >= 15 is 0 Å². The van der Waals surface area contributed by atoms with Crippen molar-refractivity contribution in [1.29, 1.82) is 0 Å². The predicted octanol–water partition coefficient (Wildman–Crippen LogP) is 4.07. The van der Waals surface area contributed by atoms with Crippen LogP contribution in [0.2, 0.25) is 0 Å². The largest absolute Gasteiger partial charge is 0.465 e. The molecule has 1 aromatic heterocycles. The molecule has 2 aromatic carbocycles. The molecule has 0 spiro atoms. The lowest BCUT2D eigenvalue weighted by atomic mass is 10.1. The number of anilines is 2. The van der Waals surface area contributed by atoms with Crippen LogP contribution in [0.1, 0.15) is 29.4 Å². The molecule has 8 nitrogen and oxygen atoms in total. The van der Waals surface area contributed by atoms with Gasteiger partial charge in [-0.25, -0.2) is 9.78 Å². The Morgan fingerprint density at radius 1 is 1.15 bits per heavy atom. The zero-order valence-corrected chi connectivity index (χ0v) is 17.6. The van der Waals surface area contributed by atoms with Gasteiger partial charge in [0.05, 0.1) is 18.3 Å². The van der Waals surface area contributed by atoms with E-state index in [4.69, 9.17) is 0 Å². The Labute approximate surface area is 191 Å². The molecule has 2 N–H and O–H groups in total. The molecule has 34 heavy (non-hydrogen) atoms. The van der Waals surface area contributed by atoms with Crippen molar-refractivity contribution in [3.63, 3.8) is 0 Å². The molecule has 2 amide bonds. The Morgan fingerprint density at radius 2 is 1.88 bits per heavy atom. The SMILES string of the molecule is O=C(Nc1ccccc1)[C@@H]1CCc2ncc(N(Cc3cccc(C(F)(F)F)c3)C(=O)O)c(=O)n21. The first-order chi connectivity index (χ1) is 16.1. The minimum Gasteiger partial charge on any atom is -0.465 e. The van der Waals surface area contributed by atoms with Gasteiger partial charge in [-0.2, -0.15) is 13.2 Å². The molecule has 0 saturated carbocycles. The van der Waals surface area contributed by atoms with Crippen LogP contribution in [0.4, 0.5) is 29.3 Å². The summed E-state index contributed by atoms with van der Waals surface area (Å²) in [4.78, 5) is 42.8. The molecule has 4 rings (SSSR count). The van der Waals surface area contributed by atoms with Crippen LogP contribution in [0.25, 0.3) is 0 Å². The summed E-state index contributed by atoms with van der Waals surface area (Å²) in [5, 5.41) is 12.4. The lowest BCUT2D eigenvalue weighted by molar-refractivity contribution is -0.137. The van der Waals surface area contributed by atoms with Crippen molar-refractivity contribution in [3.8, 4) is 0 Å². The number of carbonyl (C=O) groups excluding carboxylic acids is 1. The molecule has 0 aliphatic carbocycles. The van der Waals surface area contributed by atoms with E-state index in [2.05, 4.69) is 10.3 Å². The number of carbonyl (C=O) groups is 2. The Kier molecular flexibility index (Phi) is 6.10. The number of nitrogens with one attached hydrogen (secondary N) is 1. The number of amides is 2. The quantitative estimate of drug-likeness (QED) is 0.583. The number of aromatic nitrogens is 2. The summed E-state index contributed by atoms with van der Waals surface area (Å²) >= 11 is 0. The molecule has 2 heterocycles. The van der Waals surface area contributed by atoms with Crippen LogP contribution >= 0.6 is 0 Å². The molecule has 0 radical (unpaired) electrons. The van der Waals surface area contributed by atoms with Gasteiger partial charge in [0, 0.05) is 12.1 Å². The molecule has 11 heteroatoms. The summed E-state index contributed by atoms with van der Waals surface area (Å²) in [6.45, 7) is -0.504. The van der Waals surface area contributed by atoms with E-state index in [9.17, 15) is 32.7 Å². The van der Waals surface area contributed by atoms with Gasteiger partial charge in [0.2, 0.25) is 5.91 Å². The van der Waals surface area contributed by atoms with Gasteiger partial charge in [0.1, 0.15) is 17.6 Å². The van der Waals surface area contributed by atoms with Crippen molar-refractivity contribution in [2.75, 3.05) is 10.2 Å². The monoisotopic (exact) mass is 472 g/mol. The molecule has 3 aromatic rings. The average Bonchev–Trinajstić information content (AvgIpc) is 3.23. The summed E-state index contributed by atoms with van der Waals surface area (Å²) in [6, 6.07) is 11.9. The zero-order valence-electron chi connectivity index (χ0n) is 17.6. The second kappa shape index (κ2) is 9.00. The number of aryl methyl sites for hydroxylation is 1. The molecule has 1 aliphatic heterocycles.